The van der Waals surface area contributed by atoms with E-state index in [9.17, 15) is 9.59 Å². The SMILES string of the molecule is CCN(CC)C(=O)c1ccc(NC(=O)CSc2c(C)cc(C)cc2C)cc1. The Kier molecular flexibility index (Phi) is 7.48. The summed E-state index contributed by atoms with van der Waals surface area (Å²) in [6.45, 7) is 11.5. The Hall–Kier alpha value is -2.27. The quantitative estimate of drug-likeness (QED) is 0.696. The minimum Gasteiger partial charge on any atom is -0.339 e. The highest BCUT2D eigenvalue weighted by molar-refractivity contribution is 8.00. The van der Waals surface area contributed by atoms with Gasteiger partial charge in [0.25, 0.3) is 5.91 Å². The number of nitrogens with one attached hydrogen (secondary N) is 1. The molecule has 144 valence electrons. The zero-order valence-electron chi connectivity index (χ0n) is 16.8. The number of rotatable bonds is 7. The fraction of sp³-hybridized carbons (Fsp3) is 0.364. The van der Waals surface area contributed by atoms with E-state index in [1.807, 2.05) is 13.8 Å². The fourth-order valence-electron chi connectivity index (χ4n) is 3.12. The zero-order chi connectivity index (χ0) is 20.0. The summed E-state index contributed by atoms with van der Waals surface area (Å²) in [5, 5.41) is 2.90. The van der Waals surface area contributed by atoms with Crippen LogP contribution in [-0.2, 0) is 4.79 Å². The van der Waals surface area contributed by atoms with Gasteiger partial charge in [-0.15, -0.1) is 11.8 Å². The summed E-state index contributed by atoms with van der Waals surface area (Å²) in [6.07, 6.45) is 0. The van der Waals surface area contributed by atoms with Crippen molar-refractivity contribution < 1.29 is 9.59 Å². The van der Waals surface area contributed by atoms with Crippen molar-refractivity contribution in [3.05, 3.63) is 58.7 Å². The molecular weight excluding hydrogens is 356 g/mol. The number of benzene rings is 2. The maximum Gasteiger partial charge on any atom is 0.253 e. The standard InChI is InChI=1S/C22H28N2O2S/c1-6-24(7-2)22(26)18-8-10-19(11-9-18)23-20(25)14-27-21-16(4)12-15(3)13-17(21)5/h8-13H,6-7,14H2,1-5H3,(H,23,25). The first kappa shape index (κ1) is 21.0. The van der Waals surface area contributed by atoms with E-state index >= 15 is 0 Å². The Morgan fingerprint density at radius 2 is 1.52 bits per heavy atom. The molecule has 0 bridgehead atoms. The van der Waals surface area contributed by atoms with E-state index in [0.717, 1.165) is 4.90 Å². The number of hydrogen-bond acceptors (Lipinski definition) is 3. The second-order valence-electron chi connectivity index (χ2n) is 6.62. The van der Waals surface area contributed by atoms with Crippen LogP contribution in [0.1, 0.15) is 40.9 Å². The van der Waals surface area contributed by atoms with Gasteiger partial charge in [0.1, 0.15) is 0 Å². The summed E-state index contributed by atoms with van der Waals surface area (Å²) in [4.78, 5) is 27.5. The molecule has 0 heterocycles. The van der Waals surface area contributed by atoms with Crippen LogP contribution in [0.5, 0.6) is 0 Å². The number of amides is 2. The predicted molar refractivity (Wildman–Crippen MR) is 114 cm³/mol. The molecule has 27 heavy (non-hydrogen) atoms. The first-order chi connectivity index (χ1) is 12.8. The first-order valence-electron chi connectivity index (χ1n) is 9.25. The number of thioether (sulfide) groups is 1. The van der Waals surface area contributed by atoms with Crippen molar-refractivity contribution in [1.82, 2.24) is 4.90 Å². The van der Waals surface area contributed by atoms with Gasteiger partial charge in [-0.25, -0.2) is 0 Å². The predicted octanol–water partition coefficient (Wildman–Crippen LogP) is 4.82. The first-order valence-corrected chi connectivity index (χ1v) is 10.2. The summed E-state index contributed by atoms with van der Waals surface area (Å²) >= 11 is 1.55. The molecule has 0 fully saturated rings. The van der Waals surface area contributed by atoms with Crippen molar-refractivity contribution in [3.63, 3.8) is 0 Å². The van der Waals surface area contributed by atoms with E-state index in [-0.39, 0.29) is 11.8 Å². The Bertz CT molecular complexity index is 789. The highest BCUT2D eigenvalue weighted by atomic mass is 32.2. The van der Waals surface area contributed by atoms with Crippen LogP contribution in [0, 0.1) is 20.8 Å². The van der Waals surface area contributed by atoms with Crippen molar-refractivity contribution in [1.29, 1.82) is 0 Å². The van der Waals surface area contributed by atoms with E-state index in [2.05, 4.69) is 38.2 Å². The van der Waals surface area contributed by atoms with Crippen LogP contribution in [0.25, 0.3) is 0 Å². The van der Waals surface area contributed by atoms with E-state index < -0.39 is 0 Å². The number of aryl methyl sites for hydroxylation is 3. The van der Waals surface area contributed by atoms with Crippen molar-refractivity contribution in [2.45, 2.75) is 39.5 Å². The van der Waals surface area contributed by atoms with Crippen LogP contribution in [-0.4, -0.2) is 35.6 Å². The summed E-state index contributed by atoms with van der Waals surface area (Å²) in [6, 6.07) is 11.4. The Morgan fingerprint density at radius 1 is 0.963 bits per heavy atom. The van der Waals surface area contributed by atoms with Gasteiger partial charge in [0.2, 0.25) is 5.91 Å². The van der Waals surface area contributed by atoms with Gasteiger partial charge < -0.3 is 10.2 Å². The Balaban J connectivity index is 1.96. The highest BCUT2D eigenvalue weighted by Crippen LogP contribution is 2.27. The van der Waals surface area contributed by atoms with Crippen LogP contribution in [0.2, 0.25) is 0 Å². The average Bonchev–Trinajstić information content (AvgIpc) is 2.62. The molecule has 0 spiro atoms. The highest BCUT2D eigenvalue weighted by Gasteiger charge is 2.13. The molecule has 0 unspecified atom stereocenters. The molecule has 0 aliphatic rings. The molecule has 0 aliphatic carbocycles. The third-order valence-electron chi connectivity index (χ3n) is 4.42. The lowest BCUT2D eigenvalue weighted by molar-refractivity contribution is -0.113. The van der Waals surface area contributed by atoms with E-state index in [1.165, 1.54) is 16.7 Å². The molecule has 0 aromatic heterocycles. The van der Waals surface area contributed by atoms with Crippen molar-refractivity contribution in [2.75, 3.05) is 24.2 Å². The molecular formula is C22H28N2O2S. The van der Waals surface area contributed by atoms with Gasteiger partial charge in [-0.1, -0.05) is 17.7 Å². The largest absolute Gasteiger partial charge is 0.339 e. The topological polar surface area (TPSA) is 49.4 Å². The maximum atomic E-state index is 12.3. The van der Waals surface area contributed by atoms with Gasteiger partial charge in [0, 0.05) is 29.2 Å². The second-order valence-corrected chi connectivity index (χ2v) is 7.61. The zero-order valence-corrected chi connectivity index (χ0v) is 17.6. The van der Waals surface area contributed by atoms with Crippen LogP contribution >= 0.6 is 11.8 Å². The van der Waals surface area contributed by atoms with Gasteiger partial charge in [0.15, 0.2) is 0 Å². The molecule has 5 heteroatoms. The smallest absolute Gasteiger partial charge is 0.253 e. The number of carbonyl (C=O) groups excluding carboxylic acids is 2. The van der Waals surface area contributed by atoms with E-state index in [4.69, 9.17) is 0 Å². The lowest BCUT2D eigenvalue weighted by atomic mass is 10.1. The average molecular weight is 385 g/mol. The van der Waals surface area contributed by atoms with Crippen LogP contribution in [0.15, 0.2) is 41.3 Å². The second kappa shape index (κ2) is 9.60. The van der Waals surface area contributed by atoms with Crippen molar-refractivity contribution >= 4 is 29.3 Å². The molecule has 0 radical (unpaired) electrons. The van der Waals surface area contributed by atoms with E-state index in [1.54, 1.807) is 40.9 Å². The normalized spacial score (nSPS) is 10.6. The van der Waals surface area contributed by atoms with Crippen molar-refractivity contribution in [2.24, 2.45) is 0 Å². The molecule has 4 nitrogen and oxygen atoms in total. The molecule has 1 N–H and O–H groups in total. The van der Waals surface area contributed by atoms with Crippen LogP contribution in [0.3, 0.4) is 0 Å². The monoisotopic (exact) mass is 384 g/mol. The van der Waals surface area contributed by atoms with E-state index in [0.29, 0.717) is 30.1 Å². The summed E-state index contributed by atoms with van der Waals surface area (Å²) in [7, 11) is 0. The number of nitrogens with zero attached hydrogens (tertiary/aromatic N) is 1. The minimum absolute atomic E-state index is 0.0127. The molecule has 0 saturated heterocycles. The van der Waals surface area contributed by atoms with Crippen molar-refractivity contribution in [3.8, 4) is 0 Å². The van der Waals surface area contributed by atoms with Gasteiger partial charge in [-0.2, -0.15) is 0 Å². The van der Waals surface area contributed by atoms with Crippen LogP contribution in [0.4, 0.5) is 5.69 Å². The molecule has 0 saturated carbocycles. The molecule has 2 aromatic rings. The number of anilines is 1. The summed E-state index contributed by atoms with van der Waals surface area (Å²) in [5.41, 5.74) is 4.97. The minimum atomic E-state index is -0.0535. The molecule has 2 amide bonds. The number of carbonyl (C=O) groups is 2. The molecule has 2 aromatic carbocycles. The molecule has 2 rings (SSSR count). The van der Waals surface area contributed by atoms with Crippen LogP contribution < -0.4 is 5.32 Å². The molecule has 0 aliphatic heterocycles. The fourth-order valence-corrected chi connectivity index (χ4v) is 4.04. The van der Waals surface area contributed by atoms with Gasteiger partial charge in [0.05, 0.1) is 5.75 Å². The maximum absolute atomic E-state index is 12.3. The number of hydrogen-bond donors (Lipinski definition) is 1. The Labute approximate surface area is 166 Å². The molecule has 0 atom stereocenters. The third kappa shape index (κ3) is 5.60. The lowest BCUT2D eigenvalue weighted by Crippen LogP contribution is -2.30. The van der Waals surface area contributed by atoms with Gasteiger partial charge in [-0.3, -0.25) is 9.59 Å². The third-order valence-corrected chi connectivity index (χ3v) is 5.76. The van der Waals surface area contributed by atoms with Gasteiger partial charge >= 0.3 is 0 Å². The summed E-state index contributed by atoms with van der Waals surface area (Å²) < 4.78 is 0. The Morgan fingerprint density at radius 3 is 2.04 bits per heavy atom. The lowest BCUT2D eigenvalue weighted by Gasteiger charge is -2.18. The summed E-state index contributed by atoms with van der Waals surface area (Å²) in [5.74, 6) is 0.311. The van der Waals surface area contributed by atoms with Gasteiger partial charge in [-0.05, 0) is 70.0 Å².